The molecule has 4 nitrogen and oxygen atoms in total. The molecule has 1 rings (SSSR count). The summed E-state index contributed by atoms with van der Waals surface area (Å²) in [4.78, 5) is 22.8. The number of hydrogen-bond acceptors (Lipinski definition) is 3. The fraction of sp³-hybridized carbons (Fsp3) is 0.333. The molecule has 0 bridgehead atoms. The zero-order valence-corrected chi connectivity index (χ0v) is 10.0. The maximum absolute atomic E-state index is 12.7. The second-order valence-electron chi connectivity index (χ2n) is 3.57. The Hall–Kier alpha value is -2.05. The van der Waals surface area contributed by atoms with E-state index in [2.05, 4.69) is 4.74 Å². The molecule has 1 N–H and O–H groups in total. The maximum Gasteiger partial charge on any atom is 0.419 e. The van der Waals surface area contributed by atoms with E-state index in [1.165, 1.54) is 31.2 Å². The van der Waals surface area contributed by atoms with Crippen LogP contribution in [0.4, 0.5) is 13.2 Å². The number of halogens is 3. The van der Waals surface area contributed by atoms with Gasteiger partial charge in [-0.25, -0.2) is 4.79 Å². The molecule has 19 heavy (non-hydrogen) atoms. The van der Waals surface area contributed by atoms with Crippen molar-refractivity contribution >= 4 is 11.9 Å². The van der Waals surface area contributed by atoms with Gasteiger partial charge in [-0.15, -0.1) is 0 Å². The number of carbonyl (C=O) groups is 2. The molecule has 1 aromatic rings. The summed E-state index contributed by atoms with van der Waals surface area (Å²) >= 11 is 0. The summed E-state index contributed by atoms with van der Waals surface area (Å²) in [6.45, 7) is 1.18. The maximum atomic E-state index is 12.7. The minimum Gasteiger partial charge on any atom is -0.464 e. The van der Waals surface area contributed by atoms with Crippen LogP contribution in [0.2, 0.25) is 0 Å². The normalized spacial score (nSPS) is 12.6. The van der Waals surface area contributed by atoms with Crippen LogP contribution < -0.4 is 5.32 Å². The molecule has 7 heteroatoms. The van der Waals surface area contributed by atoms with Gasteiger partial charge < -0.3 is 10.1 Å². The third-order valence-electron chi connectivity index (χ3n) is 2.16. The largest absolute Gasteiger partial charge is 0.464 e. The van der Waals surface area contributed by atoms with Crippen molar-refractivity contribution in [3.63, 3.8) is 0 Å². The second kappa shape index (κ2) is 6.21. The molecule has 0 saturated carbocycles. The Morgan fingerprint density at radius 1 is 1.26 bits per heavy atom. The van der Waals surface area contributed by atoms with E-state index in [9.17, 15) is 22.8 Å². The highest BCUT2D eigenvalue weighted by Gasteiger charge is 2.47. The van der Waals surface area contributed by atoms with Crippen LogP contribution in [0.1, 0.15) is 17.3 Å². The van der Waals surface area contributed by atoms with Crippen LogP contribution in [-0.4, -0.2) is 30.7 Å². The number of ether oxygens (including phenoxy) is 1. The zero-order valence-electron chi connectivity index (χ0n) is 10.0. The lowest BCUT2D eigenvalue weighted by molar-refractivity contribution is -0.182. The highest BCUT2D eigenvalue weighted by atomic mass is 19.4. The molecule has 0 radical (unpaired) electrons. The molecule has 104 valence electrons. The summed E-state index contributed by atoms with van der Waals surface area (Å²) in [7, 11) is 0. The summed E-state index contributed by atoms with van der Waals surface area (Å²) in [5.41, 5.74) is 0.0287. The van der Waals surface area contributed by atoms with Crippen molar-refractivity contribution in [2.75, 3.05) is 6.61 Å². The fourth-order valence-corrected chi connectivity index (χ4v) is 1.30. The number of carbonyl (C=O) groups excluding carboxylic acids is 2. The fourth-order valence-electron chi connectivity index (χ4n) is 1.30. The quantitative estimate of drug-likeness (QED) is 0.854. The molecule has 0 aromatic heterocycles. The van der Waals surface area contributed by atoms with E-state index < -0.39 is 24.1 Å². The number of esters is 1. The predicted molar refractivity (Wildman–Crippen MR) is 60.4 cm³/mol. The number of amides is 1. The first-order valence-corrected chi connectivity index (χ1v) is 5.45. The third-order valence-corrected chi connectivity index (χ3v) is 2.16. The Labute approximate surface area is 107 Å². The van der Waals surface area contributed by atoms with Gasteiger partial charge in [0.05, 0.1) is 6.61 Å². The van der Waals surface area contributed by atoms with Gasteiger partial charge in [0.25, 0.3) is 5.91 Å². The van der Waals surface area contributed by atoms with Crippen LogP contribution in [0.3, 0.4) is 0 Å². The molecule has 1 unspecified atom stereocenters. The number of alkyl halides is 3. The van der Waals surface area contributed by atoms with E-state index in [-0.39, 0.29) is 12.2 Å². The van der Waals surface area contributed by atoms with Crippen molar-refractivity contribution in [2.24, 2.45) is 0 Å². The van der Waals surface area contributed by atoms with E-state index in [0.29, 0.717) is 0 Å². The Kier molecular flexibility index (Phi) is 4.91. The van der Waals surface area contributed by atoms with Crippen molar-refractivity contribution in [2.45, 2.75) is 19.1 Å². The topological polar surface area (TPSA) is 55.4 Å². The monoisotopic (exact) mass is 275 g/mol. The van der Waals surface area contributed by atoms with Gasteiger partial charge in [0.15, 0.2) is 0 Å². The highest BCUT2D eigenvalue weighted by molar-refractivity contribution is 5.96. The van der Waals surface area contributed by atoms with Gasteiger partial charge in [-0.1, -0.05) is 18.2 Å². The predicted octanol–water partition coefficient (Wildman–Crippen LogP) is 1.91. The van der Waals surface area contributed by atoms with Gasteiger partial charge >= 0.3 is 12.1 Å². The summed E-state index contributed by atoms with van der Waals surface area (Å²) in [5.74, 6) is -2.52. The second-order valence-corrected chi connectivity index (χ2v) is 3.57. The van der Waals surface area contributed by atoms with Crippen LogP contribution in [0, 0.1) is 0 Å². The van der Waals surface area contributed by atoms with Crippen molar-refractivity contribution in [3.05, 3.63) is 35.9 Å². The van der Waals surface area contributed by atoms with Crippen LogP contribution >= 0.6 is 0 Å². The first-order chi connectivity index (χ1) is 8.86. The molecule has 1 aromatic carbocycles. The van der Waals surface area contributed by atoms with Crippen molar-refractivity contribution in [1.29, 1.82) is 0 Å². The van der Waals surface area contributed by atoms with E-state index in [1.807, 2.05) is 0 Å². The van der Waals surface area contributed by atoms with Crippen LogP contribution in [0.15, 0.2) is 30.3 Å². The first-order valence-electron chi connectivity index (χ1n) is 5.45. The van der Waals surface area contributed by atoms with Gasteiger partial charge in [0.2, 0.25) is 6.04 Å². The molecular formula is C12H12F3NO3. The summed E-state index contributed by atoms with van der Waals surface area (Å²) in [5, 5.41) is 1.62. The Balaban J connectivity index is 2.84. The molecule has 0 fully saturated rings. The molecule has 1 atom stereocenters. The van der Waals surface area contributed by atoms with Gasteiger partial charge in [-0.2, -0.15) is 13.2 Å². The first kappa shape index (κ1) is 15.0. The molecule has 0 aliphatic rings. The Bertz CT molecular complexity index is 445. The third kappa shape index (κ3) is 4.27. The smallest absolute Gasteiger partial charge is 0.419 e. The Morgan fingerprint density at radius 3 is 2.32 bits per heavy atom. The average molecular weight is 275 g/mol. The SMILES string of the molecule is CCOC(=O)C(NC(=O)c1ccccc1)C(F)(F)F. The lowest BCUT2D eigenvalue weighted by Gasteiger charge is -2.19. The Morgan fingerprint density at radius 2 is 1.84 bits per heavy atom. The van der Waals surface area contributed by atoms with Gasteiger partial charge in [-0.05, 0) is 19.1 Å². The lowest BCUT2D eigenvalue weighted by Crippen LogP contribution is -2.51. The zero-order chi connectivity index (χ0) is 14.5. The highest BCUT2D eigenvalue weighted by Crippen LogP contribution is 2.21. The van der Waals surface area contributed by atoms with Crippen molar-refractivity contribution in [3.8, 4) is 0 Å². The molecule has 1 amide bonds. The van der Waals surface area contributed by atoms with E-state index >= 15 is 0 Å². The van der Waals surface area contributed by atoms with Crippen LogP contribution in [0.25, 0.3) is 0 Å². The van der Waals surface area contributed by atoms with E-state index in [1.54, 1.807) is 11.4 Å². The molecular weight excluding hydrogens is 263 g/mol. The minimum absolute atomic E-state index is 0.0287. The van der Waals surface area contributed by atoms with Gasteiger partial charge in [-0.3, -0.25) is 4.79 Å². The van der Waals surface area contributed by atoms with Crippen LogP contribution in [0.5, 0.6) is 0 Å². The molecule has 0 spiro atoms. The number of nitrogens with one attached hydrogen (secondary N) is 1. The summed E-state index contributed by atoms with van der Waals surface area (Å²) in [6.07, 6.45) is -4.91. The summed E-state index contributed by atoms with van der Waals surface area (Å²) < 4.78 is 42.3. The average Bonchev–Trinajstić information content (AvgIpc) is 2.35. The van der Waals surface area contributed by atoms with Crippen molar-refractivity contribution in [1.82, 2.24) is 5.32 Å². The molecule has 0 saturated heterocycles. The molecule has 0 aliphatic carbocycles. The minimum atomic E-state index is -4.91. The van der Waals surface area contributed by atoms with E-state index in [4.69, 9.17) is 0 Å². The van der Waals surface area contributed by atoms with Crippen molar-refractivity contribution < 1.29 is 27.5 Å². The number of rotatable bonds is 4. The van der Waals surface area contributed by atoms with Gasteiger partial charge in [0, 0.05) is 5.56 Å². The molecule has 0 heterocycles. The van der Waals surface area contributed by atoms with Gasteiger partial charge in [0.1, 0.15) is 0 Å². The molecule has 0 aliphatic heterocycles. The van der Waals surface area contributed by atoms with Crippen LogP contribution in [-0.2, 0) is 9.53 Å². The number of benzene rings is 1. The number of hydrogen-bond donors (Lipinski definition) is 1. The lowest BCUT2D eigenvalue weighted by atomic mass is 10.2. The standard InChI is InChI=1S/C12H12F3NO3/c1-2-19-11(18)9(12(13,14)15)16-10(17)8-6-4-3-5-7-8/h3-7,9H,2H2,1H3,(H,16,17). The van der Waals surface area contributed by atoms with E-state index in [0.717, 1.165) is 0 Å². The summed E-state index contributed by atoms with van der Waals surface area (Å²) in [6, 6.07) is 4.63.